The van der Waals surface area contributed by atoms with E-state index in [-0.39, 0.29) is 37.0 Å². The Labute approximate surface area is 397 Å². The fraction of sp³-hybridized carbons (Fsp3) is 0.960. The van der Waals surface area contributed by atoms with Gasteiger partial charge in [-0.05, 0) is 65.2 Å². The van der Waals surface area contributed by atoms with E-state index >= 15 is 0 Å². The van der Waals surface area contributed by atoms with Gasteiger partial charge >= 0.3 is 0 Å². The Morgan fingerprint density at radius 3 is 0.766 bits per heavy atom. The molecule has 388 valence electrons. The van der Waals surface area contributed by atoms with Crippen LogP contribution in [0, 0.1) is 0 Å². The van der Waals surface area contributed by atoms with Gasteiger partial charge in [0.2, 0.25) is 11.8 Å². The molecule has 2 atom stereocenters. The molecule has 0 fully saturated rings. The zero-order chi connectivity index (χ0) is 46.9. The number of carbonyl (C=O) groups excluding carboxylic acids is 2. The van der Waals surface area contributed by atoms with Crippen LogP contribution >= 0.6 is 0 Å². The van der Waals surface area contributed by atoms with E-state index in [1.165, 1.54) is 181 Å². The second kappa shape index (κ2) is 45.5. The number of nitrogens with one attached hydrogen (secondary N) is 2. The Hall–Kier alpha value is -1.32. The molecule has 0 aliphatic heterocycles. The molecule has 0 heterocycles. The van der Waals surface area contributed by atoms with E-state index < -0.39 is 29.7 Å². The first kappa shape index (κ1) is 69.3. The average Bonchev–Trinajstić information content (AvgIpc) is 3.23. The van der Waals surface area contributed by atoms with E-state index in [1.807, 2.05) is 0 Å². The third kappa shape index (κ3) is 40.9. The van der Waals surface area contributed by atoms with E-state index in [4.69, 9.17) is 0 Å². The van der Waals surface area contributed by atoms with E-state index in [1.54, 1.807) is 13.8 Å². The molecular formula is C50H108N4O8S2. The van der Waals surface area contributed by atoms with Crippen LogP contribution < -0.4 is 22.9 Å². The highest BCUT2D eigenvalue weighted by Gasteiger charge is 2.30. The third-order valence-corrected chi connectivity index (χ3v) is 16.5. The maximum Gasteiger partial charge on any atom is 0.219 e. The number of hydrogen-bond acceptors (Lipinski definition) is 8. The summed E-state index contributed by atoms with van der Waals surface area (Å²) in [5.74, 6) is 0.0516. The first-order valence-corrected chi connectivity index (χ1v) is 28.8. The Morgan fingerprint density at radius 1 is 0.375 bits per heavy atom. The minimum atomic E-state index is -4.32. The molecule has 10 N–H and O–H groups in total. The minimum Gasteiger partial charge on any atom is -0.748 e. The maximum atomic E-state index is 11.9. The van der Waals surface area contributed by atoms with E-state index in [2.05, 4.69) is 24.5 Å². The van der Waals surface area contributed by atoms with Gasteiger partial charge in [-0.1, -0.05) is 207 Å². The van der Waals surface area contributed by atoms with Crippen LogP contribution in [0.1, 0.15) is 286 Å². The number of amides is 2. The van der Waals surface area contributed by atoms with Gasteiger partial charge in [-0.3, -0.25) is 9.59 Å². The highest BCUT2D eigenvalue weighted by Crippen LogP contribution is 2.27. The van der Waals surface area contributed by atoms with Gasteiger partial charge in [-0.2, -0.15) is 0 Å². The van der Waals surface area contributed by atoms with Crippen LogP contribution in [-0.4, -0.2) is 60.3 Å². The smallest absolute Gasteiger partial charge is 0.219 e. The van der Waals surface area contributed by atoms with Crippen molar-refractivity contribution in [3.8, 4) is 0 Å². The van der Waals surface area contributed by atoms with Gasteiger partial charge in [0.1, 0.15) is 20.2 Å². The Morgan fingerprint density at radius 2 is 0.578 bits per heavy atom. The van der Waals surface area contributed by atoms with Crippen molar-refractivity contribution in [2.24, 2.45) is 0 Å². The van der Waals surface area contributed by atoms with Crippen molar-refractivity contribution in [1.82, 2.24) is 22.9 Å². The first-order valence-electron chi connectivity index (χ1n) is 26.0. The Bertz CT molecular complexity index is 1180. The van der Waals surface area contributed by atoms with Crippen molar-refractivity contribution in [1.29, 1.82) is 0 Å². The number of rotatable bonds is 44. The molecule has 2 unspecified atom stereocenters. The Kier molecular flexibility index (Phi) is 49.2. The van der Waals surface area contributed by atoms with Gasteiger partial charge in [-0.25, -0.2) is 16.8 Å². The molecule has 0 spiro atoms. The van der Waals surface area contributed by atoms with Gasteiger partial charge in [0.05, 0.1) is 9.49 Å². The second-order valence-electron chi connectivity index (χ2n) is 18.8. The van der Waals surface area contributed by atoms with Crippen LogP contribution in [0.3, 0.4) is 0 Å². The number of hydrogen-bond donors (Lipinski definition) is 4. The minimum absolute atomic E-state index is 0. The van der Waals surface area contributed by atoms with Crippen molar-refractivity contribution >= 4 is 32.1 Å². The molecule has 64 heavy (non-hydrogen) atoms. The van der Waals surface area contributed by atoms with Crippen LogP contribution in [0.15, 0.2) is 0 Å². The summed E-state index contributed by atoms with van der Waals surface area (Å²) in [6, 6.07) is 0. The molecule has 0 aliphatic carbocycles. The monoisotopic (exact) mass is 957 g/mol. The molecule has 0 saturated heterocycles. The first-order chi connectivity index (χ1) is 29.5. The number of unbranched alkanes of at least 4 members (excludes halogenated alkanes) is 28. The summed E-state index contributed by atoms with van der Waals surface area (Å²) in [7, 11) is -8.63. The lowest BCUT2D eigenvalue weighted by molar-refractivity contribution is -0.122. The quantitative estimate of drug-likeness (QED) is 0.0337. The predicted molar refractivity (Wildman–Crippen MR) is 272 cm³/mol. The molecule has 0 aromatic rings. The molecule has 0 aromatic carbocycles. The summed E-state index contributed by atoms with van der Waals surface area (Å²) in [6.45, 7) is 11.8. The normalized spacial score (nSPS) is 13.4. The molecule has 12 nitrogen and oxygen atoms in total. The van der Waals surface area contributed by atoms with Crippen LogP contribution in [-0.2, 0) is 29.8 Å². The highest BCUT2D eigenvalue weighted by atomic mass is 32.2. The molecule has 0 aromatic heterocycles. The molecule has 14 heteroatoms. The average molecular weight is 958 g/mol. The van der Waals surface area contributed by atoms with E-state index in [0.717, 1.165) is 25.7 Å². The van der Waals surface area contributed by atoms with Crippen LogP contribution in [0.5, 0.6) is 0 Å². The fourth-order valence-corrected chi connectivity index (χ4v) is 9.32. The second-order valence-corrected chi connectivity index (χ2v) is 22.6. The van der Waals surface area contributed by atoms with Crippen molar-refractivity contribution in [2.75, 3.05) is 13.1 Å². The lowest BCUT2D eigenvalue weighted by Crippen LogP contribution is -2.35. The van der Waals surface area contributed by atoms with Gasteiger partial charge in [0.25, 0.3) is 0 Å². The largest absolute Gasteiger partial charge is 0.748 e. The lowest BCUT2D eigenvalue weighted by atomic mass is 10.0. The van der Waals surface area contributed by atoms with Crippen LogP contribution in [0.25, 0.3) is 0 Å². The zero-order valence-corrected chi connectivity index (χ0v) is 45.0. The topological polar surface area (TPSA) is 246 Å². The third-order valence-electron chi connectivity index (χ3n) is 13.1. The molecule has 0 rings (SSSR count). The van der Waals surface area contributed by atoms with Crippen molar-refractivity contribution in [3.63, 3.8) is 0 Å². The van der Waals surface area contributed by atoms with E-state index in [0.29, 0.717) is 51.6 Å². The predicted octanol–water partition coefficient (Wildman–Crippen LogP) is 14.5. The maximum absolute atomic E-state index is 11.9. The lowest BCUT2D eigenvalue weighted by Gasteiger charge is -2.31. The molecule has 0 saturated carbocycles. The van der Waals surface area contributed by atoms with Crippen LogP contribution in [0.4, 0.5) is 0 Å². The number of carbonyl (C=O) groups is 2. The molecule has 0 radical (unpaired) electrons. The van der Waals surface area contributed by atoms with Crippen molar-refractivity contribution < 1.29 is 35.5 Å². The summed E-state index contributed by atoms with van der Waals surface area (Å²) in [5, 5.41) is 5.69. The van der Waals surface area contributed by atoms with Gasteiger partial charge in [-0.15, -0.1) is 0 Å². The highest BCUT2D eigenvalue weighted by molar-refractivity contribution is 7.87. The number of quaternary nitrogens is 2. The summed E-state index contributed by atoms with van der Waals surface area (Å²) in [5.41, 5.74) is 0. The standard InChI is InChI=1S/2C25H51NO4S.2H3N/c2*1-4-6-7-8-9-10-11-12-13-14-15-16-17-18-19-21-24(27)26-23-20-22-25(3,5-2)31(28,29)30;;/h2*4-23H2,1-3H3,(H,26,27)(H,28,29,30);2*1H3. The molecule has 0 aliphatic rings. The summed E-state index contributed by atoms with van der Waals surface area (Å²) in [6.07, 6.45) is 42.4. The Balaban J connectivity index is -0.000000545. The summed E-state index contributed by atoms with van der Waals surface area (Å²) in [4.78, 5) is 23.8. The van der Waals surface area contributed by atoms with Crippen molar-refractivity contribution in [3.05, 3.63) is 0 Å². The fourth-order valence-electron chi connectivity index (χ4n) is 7.83. The molecular weight excluding hydrogens is 849 g/mol. The van der Waals surface area contributed by atoms with Crippen LogP contribution in [0.2, 0.25) is 0 Å². The SMILES string of the molecule is CCCCCCCCCCCCCCCCCC(=O)NCCCC(C)(CC)S(=O)(=O)[O-].CCCCCCCCCCCCCCCCCC(=O)NCCCC(C)(CC)S(=O)(=O)[O-].[NH4+].[NH4+]. The summed E-state index contributed by atoms with van der Waals surface area (Å²) < 4.78 is 65.6. The zero-order valence-electron chi connectivity index (χ0n) is 43.4. The van der Waals surface area contributed by atoms with Crippen molar-refractivity contribution in [2.45, 2.75) is 295 Å². The van der Waals surface area contributed by atoms with Gasteiger partial charge < -0.3 is 32.0 Å². The van der Waals surface area contributed by atoms with Gasteiger partial charge in [0.15, 0.2) is 0 Å². The van der Waals surface area contributed by atoms with E-state index in [9.17, 15) is 35.5 Å². The van der Waals surface area contributed by atoms with Gasteiger partial charge in [0, 0.05) is 25.9 Å². The summed E-state index contributed by atoms with van der Waals surface area (Å²) >= 11 is 0. The molecule has 0 bridgehead atoms. The molecule has 2 amide bonds.